The number of aromatic nitrogens is 4. The predicted octanol–water partition coefficient (Wildman–Crippen LogP) is 3.78. The summed E-state index contributed by atoms with van der Waals surface area (Å²) in [4.78, 5) is 20.7. The Balaban J connectivity index is 1.67. The zero-order valence-corrected chi connectivity index (χ0v) is 14.0. The Morgan fingerprint density at radius 1 is 1.24 bits per heavy atom. The van der Waals surface area contributed by atoms with Crippen LogP contribution in [0.2, 0.25) is 5.02 Å². The van der Waals surface area contributed by atoms with Crippen molar-refractivity contribution in [3.05, 3.63) is 53.1 Å². The van der Waals surface area contributed by atoms with Gasteiger partial charge >= 0.3 is 5.97 Å². The fraction of sp³-hybridized carbons (Fsp3) is 0.118. The number of nitrogens with one attached hydrogen (secondary N) is 2. The molecule has 4 rings (SSSR count). The lowest BCUT2D eigenvalue weighted by molar-refractivity contribution is 0.0526. The molecular weight excluding hydrogens is 342 g/mol. The van der Waals surface area contributed by atoms with Crippen LogP contribution in [-0.4, -0.2) is 32.2 Å². The first-order valence-electron chi connectivity index (χ1n) is 7.72. The normalized spacial score (nSPS) is 11.1. The molecule has 0 fully saturated rings. The monoisotopic (exact) mass is 355 g/mol. The van der Waals surface area contributed by atoms with E-state index in [1.165, 1.54) is 0 Å². The van der Waals surface area contributed by atoms with E-state index in [2.05, 4.69) is 20.4 Å². The van der Waals surface area contributed by atoms with E-state index in [-0.39, 0.29) is 5.97 Å². The van der Waals surface area contributed by atoms with Crippen molar-refractivity contribution in [1.82, 2.24) is 19.6 Å². The largest absolute Gasteiger partial charge is 0.462 e. The number of benzene rings is 2. The molecule has 0 radical (unpaired) electrons. The number of hydrogen-bond donors (Lipinski definition) is 2. The highest BCUT2D eigenvalue weighted by molar-refractivity contribution is 6.30. The SMILES string of the molecule is CCOC(=O)c1ccc2c(c1)nc1nc(Nc3ccc(Cl)cc3)[nH]n12. The molecule has 0 aliphatic rings. The molecule has 25 heavy (non-hydrogen) atoms. The van der Waals surface area contributed by atoms with Gasteiger partial charge in [-0.3, -0.25) is 5.10 Å². The summed E-state index contributed by atoms with van der Waals surface area (Å²) in [6.45, 7) is 2.11. The number of imidazole rings is 1. The van der Waals surface area contributed by atoms with Gasteiger partial charge < -0.3 is 10.1 Å². The summed E-state index contributed by atoms with van der Waals surface area (Å²) in [5, 5.41) is 6.97. The van der Waals surface area contributed by atoms with Crippen LogP contribution in [0.3, 0.4) is 0 Å². The average Bonchev–Trinajstić information content (AvgIpc) is 3.13. The fourth-order valence-electron chi connectivity index (χ4n) is 2.55. The second kappa shape index (κ2) is 6.10. The van der Waals surface area contributed by atoms with Gasteiger partial charge in [-0.15, -0.1) is 0 Å². The van der Waals surface area contributed by atoms with Crippen molar-refractivity contribution < 1.29 is 9.53 Å². The van der Waals surface area contributed by atoms with Crippen molar-refractivity contribution in [1.29, 1.82) is 0 Å². The molecule has 2 heterocycles. The fourth-order valence-corrected chi connectivity index (χ4v) is 2.68. The van der Waals surface area contributed by atoms with Crippen LogP contribution in [-0.2, 0) is 4.74 Å². The number of carbonyl (C=O) groups is 1. The lowest BCUT2D eigenvalue weighted by Crippen LogP contribution is -2.04. The minimum atomic E-state index is -0.362. The molecule has 0 aliphatic heterocycles. The third-order valence-corrected chi connectivity index (χ3v) is 3.94. The van der Waals surface area contributed by atoms with Crippen LogP contribution in [0.15, 0.2) is 42.5 Å². The molecule has 0 unspecified atom stereocenters. The van der Waals surface area contributed by atoms with Gasteiger partial charge in [0, 0.05) is 10.7 Å². The summed E-state index contributed by atoms with van der Waals surface area (Å²) >= 11 is 5.88. The Kier molecular flexibility index (Phi) is 3.77. The van der Waals surface area contributed by atoms with Crippen LogP contribution >= 0.6 is 11.6 Å². The number of hydrogen-bond acceptors (Lipinski definition) is 5. The number of carbonyl (C=O) groups excluding carboxylic acids is 1. The molecule has 0 atom stereocenters. The van der Waals surface area contributed by atoms with Gasteiger partial charge in [0.05, 0.1) is 23.2 Å². The van der Waals surface area contributed by atoms with E-state index in [0.717, 1.165) is 11.2 Å². The summed E-state index contributed by atoms with van der Waals surface area (Å²) in [6.07, 6.45) is 0. The van der Waals surface area contributed by atoms with Crippen molar-refractivity contribution in [2.45, 2.75) is 6.92 Å². The number of anilines is 2. The van der Waals surface area contributed by atoms with Gasteiger partial charge in [0.2, 0.25) is 5.95 Å². The molecule has 0 saturated heterocycles. The molecule has 2 aromatic heterocycles. The molecule has 2 N–H and O–H groups in total. The summed E-state index contributed by atoms with van der Waals surface area (Å²) in [5.74, 6) is 0.702. The van der Waals surface area contributed by atoms with Crippen LogP contribution in [0.25, 0.3) is 16.8 Å². The van der Waals surface area contributed by atoms with Crippen molar-refractivity contribution in [2.24, 2.45) is 0 Å². The molecule has 4 aromatic rings. The minimum absolute atomic E-state index is 0.335. The second-order valence-electron chi connectivity index (χ2n) is 5.38. The standard InChI is InChI=1S/C17H14ClN5O2/c1-2-25-15(24)10-3-8-14-13(9-10)20-17-21-16(22-23(14)17)19-12-6-4-11(18)5-7-12/h3-9H,2H2,1H3,(H2,19,20,21,22). The molecule has 0 saturated carbocycles. The van der Waals surface area contributed by atoms with Crippen molar-refractivity contribution >= 4 is 46.0 Å². The number of nitrogens with zero attached hydrogens (tertiary/aromatic N) is 3. The Morgan fingerprint density at radius 2 is 2.04 bits per heavy atom. The predicted molar refractivity (Wildman–Crippen MR) is 95.5 cm³/mol. The molecule has 0 spiro atoms. The Bertz CT molecular complexity index is 1070. The zero-order valence-electron chi connectivity index (χ0n) is 13.3. The number of aromatic amines is 1. The highest BCUT2D eigenvalue weighted by Gasteiger charge is 2.13. The van der Waals surface area contributed by atoms with Gasteiger partial charge in [0.15, 0.2) is 0 Å². The van der Waals surface area contributed by atoms with Gasteiger partial charge in [0.25, 0.3) is 5.78 Å². The van der Waals surface area contributed by atoms with Gasteiger partial charge in [-0.05, 0) is 49.4 Å². The van der Waals surface area contributed by atoms with E-state index >= 15 is 0 Å². The maximum absolute atomic E-state index is 11.8. The van der Waals surface area contributed by atoms with E-state index in [1.54, 1.807) is 35.7 Å². The summed E-state index contributed by atoms with van der Waals surface area (Å²) in [7, 11) is 0. The number of fused-ring (bicyclic) bond motifs is 3. The summed E-state index contributed by atoms with van der Waals surface area (Å²) in [5.41, 5.74) is 2.81. The third-order valence-electron chi connectivity index (χ3n) is 3.68. The third kappa shape index (κ3) is 2.89. The zero-order chi connectivity index (χ0) is 17.4. The van der Waals surface area contributed by atoms with E-state index in [0.29, 0.717) is 34.4 Å². The first-order chi connectivity index (χ1) is 12.1. The Morgan fingerprint density at radius 3 is 2.80 bits per heavy atom. The molecule has 0 bridgehead atoms. The molecule has 126 valence electrons. The maximum Gasteiger partial charge on any atom is 0.338 e. The Hall–Kier alpha value is -3.06. The quantitative estimate of drug-likeness (QED) is 0.544. The first-order valence-corrected chi connectivity index (χ1v) is 8.10. The molecule has 0 aliphatic carbocycles. The lowest BCUT2D eigenvalue weighted by Gasteiger charge is -2.02. The number of rotatable bonds is 4. The van der Waals surface area contributed by atoms with Gasteiger partial charge in [-0.25, -0.2) is 14.3 Å². The molecule has 8 heteroatoms. The van der Waals surface area contributed by atoms with Crippen LogP contribution in [0.4, 0.5) is 11.6 Å². The summed E-state index contributed by atoms with van der Waals surface area (Å²) in [6, 6.07) is 12.5. The number of esters is 1. The van der Waals surface area contributed by atoms with E-state index in [1.807, 2.05) is 18.2 Å². The number of halogens is 1. The lowest BCUT2D eigenvalue weighted by atomic mass is 10.2. The average molecular weight is 356 g/mol. The molecular formula is C17H14ClN5O2. The van der Waals surface area contributed by atoms with Crippen LogP contribution in [0, 0.1) is 0 Å². The Labute approximate surface area is 147 Å². The highest BCUT2D eigenvalue weighted by Crippen LogP contribution is 2.21. The number of H-pyrrole nitrogens is 1. The van der Waals surface area contributed by atoms with Crippen LogP contribution in [0.5, 0.6) is 0 Å². The van der Waals surface area contributed by atoms with E-state index in [4.69, 9.17) is 16.3 Å². The van der Waals surface area contributed by atoms with Crippen LogP contribution in [0.1, 0.15) is 17.3 Å². The van der Waals surface area contributed by atoms with Gasteiger partial charge in [-0.2, -0.15) is 4.98 Å². The van der Waals surface area contributed by atoms with E-state index in [9.17, 15) is 4.79 Å². The van der Waals surface area contributed by atoms with E-state index < -0.39 is 0 Å². The molecule has 7 nitrogen and oxygen atoms in total. The van der Waals surface area contributed by atoms with Crippen molar-refractivity contribution in [2.75, 3.05) is 11.9 Å². The summed E-state index contributed by atoms with van der Waals surface area (Å²) < 4.78 is 6.76. The maximum atomic E-state index is 11.8. The topological polar surface area (TPSA) is 84.3 Å². The molecule has 2 aromatic carbocycles. The van der Waals surface area contributed by atoms with Gasteiger partial charge in [0.1, 0.15) is 0 Å². The number of ether oxygens (including phenoxy) is 1. The minimum Gasteiger partial charge on any atom is -0.462 e. The molecule has 0 amide bonds. The van der Waals surface area contributed by atoms with Gasteiger partial charge in [-0.1, -0.05) is 11.6 Å². The van der Waals surface area contributed by atoms with Crippen molar-refractivity contribution in [3.8, 4) is 0 Å². The smallest absolute Gasteiger partial charge is 0.338 e. The second-order valence-corrected chi connectivity index (χ2v) is 5.81. The van der Waals surface area contributed by atoms with Crippen molar-refractivity contribution in [3.63, 3.8) is 0 Å². The van der Waals surface area contributed by atoms with Crippen LogP contribution < -0.4 is 5.32 Å². The first kappa shape index (κ1) is 15.5. The highest BCUT2D eigenvalue weighted by atomic mass is 35.5.